The normalized spacial score (nSPS) is 18.0. The number of amides is 3. The maximum Gasteiger partial charge on any atom is 0.433 e. The summed E-state index contributed by atoms with van der Waals surface area (Å²) in [6, 6.07) is 4.20. The third-order valence-electron chi connectivity index (χ3n) is 4.66. The number of aromatic nitrogens is 1. The van der Waals surface area contributed by atoms with Gasteiger partial charge in [0.1, 0.15) is 17.6 Å². The van der Waals surface area contributed by atoms with E-state index < -0.39 is 35.8 Å². The van der Waals surface area contributed by atoms with Crippen molar-refractivity contribution in [2.24, 2.45) is 0 Å². The quantitative estimate of drug-likeness (QED) is 0.711. The molecule has 160 valence electrons. The van der Waals surface area contributed by atoms with Crippen LogP contribution >= 0.6 is 11.6 Å². The lowest BCUT2D eigenvalue weighted by Gasteiger charge is -2.34. The second-order valence-electron chi connectivity index (χ2n) is 6.66. The summed E-state index contributed by atoms with van der Waals surface area (Å²) in [4.78, 5) is 29.6. The number of carbonyl (C=O) groups is 2. The Morgan fingerprint density at radius 1 is 1.33 bits per heavy atom. The van der Waals surface area contributed by atoms with E-state index in [4.69, 9.17) is 11.6 Å². The molecule has 0 bridgehead atoms. The summed E-state index contributed by atoms with van der Waals surface area (Å²) in [6.45, 7) is 1.98. The van der Waals surface area contributed by atoms with Crippen LogP contribution in [0.25, 0.3) is 0 Å². The molecule has 1 aliphatic rings. The average Bonchev–Trinajstić information content (AvgIpc) is 2.69. The van der Waals surface area contributed by atoms with Crippen LogP contribution in [0.1, 0.15) is 29.9 Å². The minimum absolute atomic E-state index is 0.116. The molecule has 11 heteroatoms. The predicted octanol–water partition coefficient (Wildman–Crippen LogP) is 3.51. The number of nitrogens with one attached hydrogen (secondary N) is 2. The highest BCUT2D eigenvalue weighted by molar-refractivity contribution is 6.30. The van der Waals surface area contributed by atoms with Crippen molar-refractivity contribution in [2.45, 2.75) is 25.2 Å². The number of hydrogen-bond donors (Lipinski definition) is 2. The van der Waals surface area contributed by atoms with Crippen LogP contribution in [0.2, 0.25) is 5.02 Å². The zero-order valence-corrected chi connectivity index (χ0v) is 16.4. The van der Waals surface area contributed by atoms with Crippen molar-refractivity contribution >= 4 is 23.5 Å². The molecule has 30 heavy (non-hydrogen) atoms. The fourth-order valence-corrected chi connectivity index (χ4v) is 3.25. The number of hydrogen-bond acceptors (Lipinski definition) is 3. The van der Waals surface area contributed by atoms with Crippen LogP contribution in [-0.2, 0) is 11.0 Å². The summed E-state index contributed by atoms with van der Waals surface area (Å²) >= 11 is 5.83. The molecular weight excluding hydrogens is 428 g/mol. The van der Waals surface area contributed by atoms with Crippen LogP contribution in [0.4, 0.5) is 22.4 Å². The van der Waals surface area contributed by atoms with Crippen molar-refractivity contribution < 1.29 is 27.2 Å². The van der Waals surface area contributed by atoms with E-state index in [0.717, 1.165) is 18.2 Å². The number of benzene rings is 1. The van der Waals surface area contributed by atoms with Gasteiger partial charge in [0.05, 0.1) is 16.8 Å². The number of urea groups is 1. The van der Waals surface area contributed by atoms with E-state index in [-0.39, 0.29) is 35.3 Å². The van der Waals surface area contributed by atoms with Crippen LogP contribution in [0.15, 0.2) is 36.4 Å². The molecule has 3 amide bonds. The van der Waals surface area contributed by atoms with Crippen LogP contribution in [-0.4, -0.2) is 41.0 Å². The molecule has 0 spiro atoms. The Hall–Kier alpha value is -2.88. The van der Waals surface area contributed by atoms with Gasteiger partial charge in [0.25, 0.3) is 0 Å². The van der Waals surface area contributed by atoms with Gasteiger partial charge in [-0.15, -0.1) is 0 Å². The fourth-order valence-electron chi connectivity index (χ4n) is 3.06. The number of alkyl halides is 3. The van der Waals surface area contributed by atoms with Gasteiger partial charge < -0.3 is 15.5 Å². The van der Waals surface area contributed by atoms with Crippen LogP contribution in [0.3, 0.4) is 0 Å². The molecule has 0 aliphatic carbocycles. The fraction of sp³-hybridized carbons (Fsp3) is 0.316. The average molecular weight is 445 g/mol. The standard InChI is InChI=1S/C19H17ClF4N4O2/c1-10-17(29)25-7-8-28(10)18(30)27-16(11-5-6-13(21)12(20)9-11)14-3-2-4-15(26-14)19(22,23)24/h2-6,9-10,16H,7-8H2,1H3,(H,25,29)(H,27,30)/t10-,16+/m1/s1. The SMILES string of the molecule is C[C@@H]1C(=O)NCCN1C(=O)N[C@@H](c1ccc(F)c(Cl)c1)c1cccc(C(F)(F)F)n1. The number of rotatable bonds is 3. The van der Waals surface area contributed by atoms with E-state index in [9.17, 15) is 27.2 Å². The molecule has 1 aromatic carbocycles. The Labute approximate surface area is 174 Å². The highest BCUT2D eigenvalue weighted by atomic mass is 35.5. The van der Waals surface area contributed by atoms with E-state index >= 15 is 0 Å². The number of carbonyl (C=O) groups excluding carboxylic acids is 2. The molecule has 1 saturated heterocycles. The lowest BCUT2D eigenvalue weighted by molar-refractivity contribution is -0.141. The highest BCUT2D eigenvalue weighted by Gasteiger charge is 2.34. The summed E-state index contributed by atoms with van der Waals surface area (Å²) < 4.78 is 53.0. The molecule has 6 nitrogen and oxygen atoms in total. The Morgan fingerprint density at radius 2 is 2.07 bits per heavy atom. The molecule has 0 radical (unpaired) electrons. The van der Waals surface area contributed by atoms with Gasteiger partial charge in [-0.05, 0) is 36.8 Å². The Balaban J connectivity index is 1.99. The van der Waals surface area contributed by atoms with Crippen LogP contribution < -0.4 is 10.6 Å². The first kappa shape index (κ1) is 21.8. The predicted molar refractivity (Wildman–Crippen MR) is 100 cm³/mol. The molecule has 2 atom stereocenters. The number of pyridine rings is 1. The minimum atomic E-state index is -4.69. The maximum atomic E-state index is 13.6. The Bertz CT molecular complexity index is 970. The molecule has 0 saturated carbocycles. The van der Waals surface area contributed by atoms with Crippen molar-refractivity contribution in [3.05, 3.63) is 64.2 Å². The second kappa shape index (κ2) is 8.47. The smallest absolute Gasteiger partial charge is 0.353 e. The molecule has 2 heterocycles. The summed E-state index contributed by atoms with van der Waals surface area (Å²) in [5.41, 5.74) is -1.02. The molecular formula is C19H17ClF4N4O2. The van der Waals surface area contributed by atoms with Gasteiger partial charge in [0.15, 0.2) is 0 Å². The van der Waals surface area contributed by atoms with Gasteiger partial charge in [-0.1, -0.05) is 23.7 Å². The topological polar surface area (TPSA) is 74.3 Å². The molecule has 1 fully saturated rings. The van der Waals surface area contributed by atoms with Crippen molar-refractivity contribution in [2.75, 3.05) is 13.1 Å². The summed E-state index contributed by atoms with van der Waals surface area (Å²) in [7, 11) is 0. The van der Waals surface area contributed by atoms with Crippen LogP contribution in [0, 0.1) is 5.82 Å². The van der Waals surface area contributed by atoms with Gasteiger partial charge in [-0.3, -0.25) is 4.79 Å². The maximum absolute atomic E-state index is 13.6. The second-order valence-corrected chi connectivity index (χ2v) is 7.07. The molecule has 1 aromatic heterocycles. The lowest BCUT2D eigenvalue weighted by atomic mass is 10.0. The molecule has 0 unspecified atom stereocenters. The van der Waals surface area contributed by atoms with Crippen molar-refractivity contribution in [1.29, 1.82) is 0 Å². The highest BCUT2D eigenvalue weighted by Crippen LogP contribution is 2.30. The first-order valence-corrected chi connectivity index (χ1v) is 9.29. The zero-order chi connectivity index (χ0) is 22.1. The zero-order valence-electron chi connectivity index (χ0n) is 15.6. The van der Waals surface area contributed by atoms with Gasteiger partial charge in [-0.2, -0.15) is 13.2 Å². The number of nitrogens with zero attached hydrogens (tertiary/aromatic N) is 2. The van der Waals surface area contributed by atoms with E-state index in [2.05, 4.69) is 15.6 Å². The summed E-state index contributed by atoms with van der Waals surface area (Å²) in [5.74, 6) is -1.07. The molecule has 2 aromatic rings. The minimum Gasteiger partial charge on any atom is -0.353 e. The largest absolute Gasteiger partial charge is 0.433 e. The number of piperazine rings is 1. The van der Waals surface area contributed by atoms with Crippen molar-refractivity contribution in [1.82, 2.24) is 20.5 Å². The van der Waals surface area contributed by atoms with E-state index in [1.807, 2.05) is 0 Å². The van der Waals surface area contributed by atoms with Gasteiger partial charge in [-0.25, -0.2) is 14.2 Å². The Morgan fingerprint density at radius 3 is 2.73 bits per heavy atom. The van der Waals surface area contributed by atoms with E-state index in [1.54, 1.807) is 0 Å². The third kappa shape index (κ3) is 4.64. The van der Waals surface area contributed by atoms with E-state index in [1.165, 1.54) is 30.0 Å². The van der Waals surface area contributed by atoms with Crippen molar-refractivity contribution in [3.63, 3.8) is 0 Å². The summed E-state index contributed by atoms with van der Waals surface area (Å²) in [5, 5.41) is 4.95. The summed E-state index contributed by atoms with van der Waals surface area (Å²) in [6.07, 6.45) is -4.69. The monoisotopic (exact) mass is 444 g/mol. The van der Waals surface area contributed by atoms with E-state index in [0.29, 0.717) is 0 Å². The molecule has 2 N–H and O–H groups in total. The lowest BCUT2D eigenvalue weighted by Crippen LogP contribution is -2.58. The van der Waals surface area contributed by atoms with Gasteiger partial charge >= 0.3 is 12.2 Å². The first-order chi connectivity index (χ1) is 14.1. The molecule has 3 rings (SSSR count). The van der Waals surface area contributed by atoms with Gasteiger partial charge in [0.2, 0.25) is 5.91 Å². The van der Waals surface area contributed by atoms with Gasteiger partial charge in [0, 0.05) is 13.1 Å². The molecule has 1 aliphatic heterocycles. The first-order valence-electron chi connectivity index (χ1n) is 8.92. The van der Waals surface area contributed by atoms with Crippen LogP contribution in [0.5, 0.6) is 0 Å². The third-order valence-corrected chi connectivity index (χ3v) is 4.95. The van der Waals surface area contributed by atoms with Crippen molar-refractivity contribution in [3.8, 4) is 0 Å². The Kier molecular flexibility index (Phi) is 6.16. The number of halogens is 5.